The van der Waals surface area contributed by atoms with Crippen LogP contribution >= 0.6 is 0 Å². The molecule has 2 aromatic carbocycles. The molecule has 1 aromatic heterocycles. The standard InChI is InChI=1S/C20H17N5O2/c1-26-18-8-7-15(9-19(18)27-2)16-10-17(25-20(24-16)22-12-23-25)14-5-3-13(11-21)4-6-14/h3-10,12,17H,1-2H3,(H,22,23,24)/t17-/m0/s1. The molecule has 7 nitrogen and oxygen atoms in total. The summed E-state index contributed by atoms with van der Waals surface area (Å²) >= 11 is 0. The third-order valence-electron chi connectivity index (χ3n) is 4.48. The molecule has 0 amide bonds. The van der Waals surface area contributed by atoms with E-state index in [0.29, 0.717) is 23.0 Å². The lowest BCUT2D eigenvalue weighted by atomic mass is 10.0. The van der Waals surface area contributed by atoms with Gasteiger partial charge in [-0.3, -0.25) is 0 Å². The Labute approximate surface area is 156 Å². The maximum Gasteiger partial charge on any atom is 0.226 e. The molecule has 2 heterocycles. The van der Waals surface area contributed by atoms with Crippen LogP contribution in [-0.2, 0) is 0 Å². The van der Waals surface area contributed by atoms with Gasteiger partial charge in [0, 0.05) is 11.3 Å². The fraction of sp³-hybridized carbons (Fsp3) is 0.150. The largest absolute Gasteiger partial charge is 0.493 e. The van der Waals surface area contributed by atoms with Crippen LogP contribution in [0.2, 0.25) is 0 Å². The molecule has 4 rings (SSSR count). The molecular formula is C20H17N5O2. The highest BCUT2D eigenvalue weighted by atomic mass is 16.5. The van der Waals surface area contributed by atoms with Crippen molar-refractivity contribution in [1.82, 2.24) is 14.8 Å². The zero-order chi connectivity index (χ0) is 18.8. The number of methoxy groups -OCH3 is 2. The number of benzene rings is 2. The molecule has 0 spiro atoms. The number of nitrogens with zero attached hydrogens (tertiary/aromatic N) is 4. The predicted molar refractivity (Wildman–Crippen MR) is 100 cm³/mol. The molecule has 7 heteroatoms. The van der Waals surface area contributed by atoms with Gasteiger partial charge in [-0.2, -0.15) is 15.3 Å². The zero-order valence-electron chi connectivity index (χ0n) is 14.9. The summed E-state index contributed by atoms with van der Waals surface area (Å²) in [7, 11) is 3.22. The quantitative estimate of drug-likeness (QED) is 0.770. The summed E-state index contributed by atoms with van der Waals surface area (Å²) in [5.41, 5.74) is 3.47. The minimum atomic E-state index is -0.139. The molecule has 1 aliphatic rings. The van der Waals surface area contributed by atoms with E-state index in [9.17, 15) is 0 Å². The first kappa shape index (κ1) is 16.7. The van der Waals surface area contributed by atoms with E-state index in [1.165, 1.54) is 6.33 Å². The SMILES string of the molecule is COc1ccc(C2=C[C@@H](c3ccc(C#N)cc3)n3ncnc3N2)cc1OC. The molecule has 27 heavy (non-hydrogen) atoms. The van der Waals surface area contributed by atoms with Gasteiger partial charge in [0.1, 0.15) is 12.4 Å². The fourth-order valence-corrected chi connectivity index (χ4v) is 3.10. The molecule has 1 aliphatic heterocycles. The van der Waals surface area contributed by atoms with Crippen LogP contribution in [-0.4, -0.2) is 29.0 Å². The number of ether oxygens (including phenoxy) is 2. The van der Waals surface area contributed by atoms with Gasteiger partial charge in [0.05, 0.1) is 25.9 Å². The number of rotatable bonds is 4. The van der Waals surface area contributed by atoms with Gasteiger partial charge in [0.15, 0.2) is 11.5 Å². The van der Waals surface area contributed by atoms with Gasteiger partial charge >= 0.3 is 0 Å². The van der Waals surface area contributed by atoms with Crippen molar-refractivity contribution in [3.63, 3.8) is 0 Å². The molecule has 0 saturated heterocycles. The molecule has 0 fully saturated rings. The van der Waals surface area contributed by atoms with Crippen LogP contribution in [0.1, 0.15) is 22.7 Å². The smallest absolute Gasteiger partial charge is 0.226 e. The van der Waals surface area contributed by atoms with E-state index < -0.39 is 0 Å². The summed E-state index contributed by atoms with van der Waals surface area (Å²) in [6.45, 7) is 0. The number of fused-ring (bicyclic) bond motifs is 1. The summed E-state index contributed by atoms with van der Waals surface area (Å²) < 4.78 is 12.5. The minimum Gasteiger partial charge on any atom is -0.493 e. The van der Waals surface area contributed by atoms with Crippen LogP contribution in [0, 0.1) is 11.3 Å². The molecule has 1 N–H and O–H groups in total. The molecule has 0 radical (unpaired) electrons. The Kier molecular flexibility index (Phi) is 4.22. The van der Waals surface area contributed by atoms with E-state index in [4.69, 9.17) is 14.7 Å². The maximum absolute atomic E-state index is 9.02. The van der Waals surface area contributed by atoms with E-state index >= 15 is 0 Å². The molecule has 0 unspecified atom stereocenters. The van der Waals surface area contributed by atoms with E-state index in [1.54, 1.807) is 26.4 Å². The topological polar surface area (TPSA) is 85.0 Å². The van der Waals surface area contributed by atoms with Crippen molar-refractivity contribution in [3.05, 3.63) is 71.6 Å². The summed E-state index contributed by atoms with van der Waals surface area (Å²) in [6, 6.07) is 15.2. The van der Waals surface area contributed by atoms with Gasteiger partial charge < -0.3 is 14.8 Å². The third kappa shape index (κ3) is 2.98. The van der Waals surface area contributed by atoms with Gasteiger partial charge in [-0.25, -0.2) is 4.68 Å². The lowest BCUT2D eigenvalue weighted by Gasteiger charge is -2.24. The lowest BCUT2D eigenvalue weighted by molar-refractivity contribution is 0.355. The van der Waals surface area contributed by atoms with E-state index in [1.807, 2.05) is 35.0 Å². The number of nitriles is 1. The van der Waals surface area contributed by atoms with Gasteiger partial charge in [-0.1, -0.05) is 12.1 Å². The summed E-state index contributed by atoms with van der Waals surface area (Å²) in [4.78, 5) is 4.31. The summed E-state index contributed by atoms with van der Waals surface area (Å²) in [5.74, 6) is 1.97. The normalized spacial score (nSPS) is 15.1. The second-order valence-electron chi connectivity index (χ2n) is 5.98. The van der Waals surface area contributed by atoms with Crippen LogP contribution in [0.3, 0.4) is 0 Å². The van der Waals surface area contributed by atoms with Crippen molar-refractivity contribution in [2.24, 2.45) is 0 Å². The number of hydrogen-bond acceptors (Lipinski definition) is 6. The second kappa shape index (κ2) is 6.84. The Bertz CT molecular complexity index is 1050. The number of aromatic nitrogens is 3. The van der Waals surface area contributed by atoms with Crippen LogP contribution in [0.15, 0.2) is 54.9 Å². The number of nitrogens with one attached hydrogen (secondary N) is 1. The first-order valence-electron chi connectivity index (χ1n) is 8.34. The molecular weight excluding hydrogens is 342 g/mol. The summed E-state index contributed by atoms with van der Waals surface area (Å²) in [5, 5.41) is 16.7. The monoisotopic (exact) mass is 359 g/mol. The Balaban J connectivity index is 1.78. The zero-order valence-corrected chi connectivity index (χ0v) is 14.9. The Morgan fingerprint density at radius 1 is 1.07 bits per heavy atom. The number of allylic oxidation sites excluding steroid dienone is 1. The van der Waals surface area contributed by atoms with E-state index in [-0.39, 0.29) is 6.04 Å². The van der Waals surface area contributed by atoms with Crippen LogP contribution < -0.4 is 14.8 Å². The highest BCUT2D eigenvalue weighted by molar-refractivity contribution is 5.78. The molecule has 3 aromatic rings. The molecule has 0 aliphatic carbocycles. The van der Waals surface area contributed by atoms with Crippen molar-refractivity contribution in [1.29, 1.82) is 5.26 Å². The first-order valence-corrected chi connectivity index (χ1v) is 8.34. The second-order valence-corrected chi connectivity index (χ2v) is 5.98. The average molecular weight is 359 g/mol. The molecule has 134 valence electrons. The van der Waals surface area contributed by atoms with Gasteiger partial charge in [0.2, 0.25) is 5.95 Å². The first-order chi connectivity index (χ1) is 13.2. The summed E-state index contributed by atoms with van der Waals surface area (Å²) in [6.07, 6.45) is 3.59. The Hall–Kier alpha value is -3.79. The van der Waals surface area contributed by atoms with Crippen LogP contribution in [0.5, 0.6) is 11.5 Å². The highest BCUT2D eigenvalue weighted by Gasteiger charge is 2.24. The number of anilines is 1. The van der Waals surface area contributed by atoms with E-state index in [0.717, 1.165) is 16.8 Å². The van der Waals surface area contributed by atoms with Crippen LogP contribution in [0.25, 0.3) is 5.70 Å². The van der Waals surface area contributed by atoms with Crippen molar-refractivity contribution in [2.45, 2.75) is 6.04 Å². The van der Waals surface area contributed by atoms with Crippen molar-refractivity contribution < 1.29 is 9.47 Å². The molecule has 1 atom stereocenters. The van der Waals surface area contributed by atoms with Crippen molar-refractivity contribution in [3.8, 4) is 17.6 Å². The Morgan fingerprint density at radius 3 is 2.56 bits per heavy atom. The molecule has 0 saturated carbocycles. The molecule has 0 bridgehead atoms. The third-order valence-corrected chi connectivity index (χ3v) is 4.48. The number of hydrogen-bond donors (Lipinski definition) is 1. The average Bonchev–Trinajstić information content (AvgIpc) is 3.21. The van der Waals surface area contributed by atoms with Gasteiger partial charge in [-0.05, 0) is 42.0 Å². The maximum atomic E-state index is 9.02. The lowest BCUT2D eigenvalue weighted by Crippen LogP contribution is -2.20. The predicted octanol–water partition coefficient (Wildman–Crippen LogP) is 3.22. The van der Waals surface area contributed by atoms with Gasteiger partial charge in [0.25, 0.3) is 0 Å². The van der Waals surface area contributed by atoms with Gasteiger partial charge in [-0.15, -0.1) is 0 Å². The van der Waals surface area contributed by atoms with Crippen molar-refractivity contribution in [2.75, 3.05) is 19.5 Å². The minimum absolute atomic E-state index is 0.139. The van der Waals surface area contributed by atoms with Crippen LogP contribution in [0.4, 0.5) is 5.95 Å². The fourth-order valence-electron chi connectivity index (χ4n) is 3.10. The van der Waals surface area contributed by atoms with E-state index in [2.05, 4.69) is 27.5 Å². The van der Waals surface area contributed by atoms with Crippen molar-refractivity contribution >= 4 is 11.6 Å². The highest BCUT2D eigenvalue weighted by Crippen LogP contribution is 2.35. The Morgan fingerprint density at radius 2 is 1.85 bits per heavy atom.